The van der Waals surface area contributed by atoms with Gasteiger partial charge in [-0.25, -0.2) is 12.7 Å². The Hall–Kier alpha value is -1.48. The monoisotopic (exact) mass is 408 g/mol. The lowest BCUT2D eigenvalue weighted by atomic mass is 9.96. The number of carbonyl (C=O) groups is 1. The summed E-state index contributed by atoms with van der Waals surface area (Å²) in [4.78, 5) is 17.7. The fraction of sp³-hybridized carbons (Fsp3) is 0.650. The molecule has 1 amide bonds. The van der Waals surface area contributed by atoms with Crippen LogP contribution in [0.4, 0.5) is 0 Å². The number of amides is 1. The minimum absolute atomic E-state index is 0.0381. The number of sulfonamides is 1. The molecule has 3 rings (SSSR count). The van der Waals surface area contributed by atoms with Crippen molar-refractivity contribution in [3.8, 4) is 0 Å². The zero-order valence-electron chi connectivity index (χ0n) is 16.9. The van der Waals surface area contributed by atoms with Crippen molar-refractivity contribution in [2.45, 2.75) is 18.9 Å². The van der Waals surface area contributed by atoms with E-state index in [-0.39, 0.29) is 17.9 Å². The van der Waals surface area contributed by atoms with Crippen molar-refractivity contribution in [3.05, 3.63) is 35.9 Å². The maximum absolute atomic E-state index is 12.9. The molecule has 8 heteroatoms. The second kappa shape index (κ2) is 9.35. The van der Waals surface area contributed by atoms with Crippen molar-refractivity contribution in [1.82, 2.24) is 19.4 Å². The quantitative estimate of drug-likeness (QED) is 0.753. The molecule has 1 atom stereocenters. The molecule has 2 aliphatic heterocycles. The summed E-state index contributed by atoms with van der Waals surface area (Å²) >= 11 is 0. The van der Waals surface area contributed by atoms with Crippen LogP contribution < -0.4 is 5.32 Å². The predicted molar refractivity (Wildman–Crippen MR) is 110 cm³/mol. The van der Waals surface area contributed by atoms with Crippen molar-refractivity contribution < 1.29 is 13.2 Å². The topological polar surface area (TPSA) is 73.0 Å². The van der Waals surface area contributed by atoms with E-state index in [0.717, 1.165) is 38.3 Å². The van der Waals surface area contributed by atoms with E-state index in [2.05, 4.69) is 34.3 Å². The Balaban J connectivity index is 1.62. The van der Waals surface area contributed by atoms with E-state index in [1.54, 1.807) is 0 Å². The molecule has 0 spiro atoms. The molecule has 2 aliphatic rings. The van der Waals surface area contributed by atoms with Crippen LogP contribution in [0.3, 0.4) is 0 Å². The molecule has 2 saturated heterocycles. The molecular weight excluding hydrogens is 376 g/mol. The van der Waals surface area contributed by atoms with Crippen molar-refractivity contribution in [3.63, 3.8) is 0 Å². The first-order valence-corrected chi connectivity index (χ1v) is 11.9. The molecule has 2 fully saturated rings. The average molecular weight is 409 g/mol. The first kappa shape index (κ1) is 21.2. The average Bonchev–Trinajstić information content (AvgIpc) is 2.69. The summed E-state index contributed by atoms with van der Waals surface area (Å²) in [6.07, 6.45) is 2.39. The molecule has 0 saturated carbocycles. The Bertz CT molecular complexity index is 740. The van der Waals surface area contributed by atoms with Crippen molar-refractivity contribution >= 4 is 15.9 Å². The number of carbonyl (C=O) groups excluding carboxylic acids is 1. The summed E-state index contributed by atoms with van der Waals surface area (Å²) in [5.41, 5.74) is 1.11. The van der Waals surface area contributed by atoms with Gasteiger partial charge in [-0.15, -0.1) is 0 Å². The molecule has 0 aliphatic carbocycles. The van der Waals surface area contributed by atoms with E-state index in [1.807, 2.05) is 18.2 Å². The minimum Gasteiger partial charge on any atom is -0.348 e. The number of piperazine rings is 1. The Morgan fingerprint density at radius 2 is 1.68 bits per heavy atom. The summed E-state index contributed by atoms with van der Waals surface area (Å²) in [5, 5.41) is 3.25. The predicted octanol–water partition coefficient (Wildman–Crippen LogP) is 0.763. The molecule has 0 radical (unpaired) electrons. The van der Waals surface area contributed by atoms with Gasteiger partial charge < -0.3 is 10.2 Å². The van der Waals surface area contributed by atoms with Crippen molar-refractivity contribution in [2.24, 2.45) is 5.92 Å². The third-order valence-corrected chi connectivity index (χ3v) is 7.15. The zero-order chi connectivity index (χ0) is 20.1. The highest BCUT2D eigenvalue weighted by atomic mass is 32.2. The fourth-order valence-electron chi connectivity index (χ4n) is 3.95. The molecule has 1 aromatic carbocycles. The maximum atomic E-state index is 12.9. The third kappa shape index (κ3) is 5.76. The van der Waals surface area contributed by atoms with Crippen LogP contribution in [-0.4, -0.2) is 87.5 Å². The lowest BCUT2D eigenvalue weighted by Crippen LogP contribution is -2.49. The normalized spacial score (nSPS) is 22.1. The van der Waals surface area contributed by atoms with Gasteiger partial charge in [0.1, 0.15) is 0 Å². The maximum Gasteiger partial charge on any atom is 0.223 e. The highest BCUT2D eigenvalue weighted by molar-refractivity contribution is 7.88. The van der Waals surface area contributed by atoms with E-state index in [4.69, 9.17) is 0 Å². The first-order valence-electron chi connectivity index (χ1n) is 10.0. The molecule has 0 aromatic heterocycles. The van der Waals surface area contributed by atoms with E-state index < -0.39 is 10.0 Å². The van der Waals surface area contributed by atoms with E-state index in [0.29, 0.717) is 25.9 Å². The second-order valence-electron chi connectivity index (χ2n) is 8.01. The highest BCUT2D eigenvalue weighted by Crippen LogP contribution is 2.22. The van der Waals surface area contributed by atoms with Gasteiger partial charge in [-0.2, -0.15) is 0 Å². The number of hydrogen-bond acceptors (Lipinski definition) is 5. The number of nitrogens with zero attached hydrogens (tertiary/aromatic N) is 3. The van der Waals surface area contributed by atoms with Crippen LogP contribution in [0.25, 0.3) is 0 Å². The Morgan fingerprint density at radius 1 is 1.07 bits per heavy atom. The van der Waals surface area contributed by atoms with Crippen LogP contribution in [-0.2, 0) is 14.8 Å². The van der Waals surface area contributed by atoms with Gasteiger partial charge in [-0.05, 0) is 25.5 Å². The Kier molecular flexibility index (Phi) is 7.09. The molecule has 7 nitrogen and oxygen atoms in total. The van der Waals surface area contributed by atoms with Gasteiger partial charge >= 0.3 is 0 Å². The van der Waals surface area contributed by atoms with Gasteiger partial charge in [0.05, 0.1) is 12.3 Å². The molecular formula is C20H32N4O3S. The molecule has 0 bridgehead atoms. The number of benzene rings is 1. The molecule has 1 N–H and O–H groups in total. The number of piperidine rings is 1. The summed E-state index contributed by atoms with van der Waals surface area (Å²) in [5.74, 6) is -0.0900. The second-order valence-corrected chi connectivity index (χ2v) is 9.99. The molecule has 156 valence electrons. The minimum atomic E-state index is -3.17. The molecule has 2 heterocycles. The van der Waals surface area contributed by atoms with Crippen LogP contribution in [0.2, 0.25) is 0 Å². The largest absolute Gasteiger partial charge is 0.348 e. The fourth-order valence-corrected chi connectivity index (χ4v) is 4.82. The summed E-state index contributed by atoms with van der Waals surface area (Å²) in [7, 11) is -1.04. The number of likely N-dealkylation sites (N-methyl/N-ethyl adjacent to an activating group) is 1. The van der Waals surface area contributed by atoms with Crippen molar-refractivity contribution in [2.75, 3.05) is 59.1 Å². The lowest BCUT2D eigenvalue weighted by Gasteiger charge is -2.36. The van der Waals surface area contributed by atoms with Gasteiger partial charge in [0, 0.05) is 51.7 Å². The SMILES string of the molecule is CN1CCN(CC(NC(=O)C2CCN(S(C)(=O)=O)CC2)c2ccccc2)CC1. The van der Waals surface area contributed by atoms with Crippen LogP contribution in [0.1, 0.15) is 24.4 Å². The van der Waals surface area contributed by atoms with Gasteiger partial charge in [0.2, 0.25) is 15.9 Å². The zero-order valence-corrected chi connectivity index (χ0v) is 17.7. The van der Waals surface area contributed by atoms with Crippen LogP contribution in [0, 0.1) is 5.92 Å². The van der Waals surface area contributed by atoms with E-state index in [9.17, 15) is 13.2 Å². The van der Waals surface area contributed by atoms with Crippen LogP contribution in [0.15, 0.2) is 30.3 Å². The van der Waals surface area contributed by atoms with Gasteiger partial charge in [0.25, 0.3) is 0 Å². The third-order valence-electron chi connectivity index (χ3n) is 5.85. The van der Waals surface area contributed by atoms with Crippen LogP contribution >= 0.6 is 0 Å². The Morgan fingerprint density at radius 3 is 2.25 bits per heavy atom. The standard InChI is InChI=1S/C20H32N4O3S/c1-22-12-14-23(15-13-22)16-19(17-6-4-3-5-7-17)21-20(25)18-8-10-24(11-9-18)28(2,26)27/h3-7,18-19H,8-16H2,1-2H3,(H,21,25). The van der Waals surface area contributed by atoms with Gasteiger partial charge in [-0.1, -0.05) is 30.3 Å². The number of hydrogen-bond donors (Lipinski definition) is 1. The summed E-state index contributed by atoms with van der Waals surface area (Å²) < 4.78 is 24.8. The van der Waals surface area contributed by atoms with Gasteiger partial charge in [-0.3, -0.25) is 9.69 Å². The summed E-state index contributed by atoms with van der Waals surface area (Å²) in [6.45, 7) is 5.73. The van der Waals surface area contributed by atoms with E-state index in [1.165, 1.54) is 10.6 Å². The number of rotatable bonds is 6. The van der Waals surface area contributed by atoms with Crippen molar-refractivity contribution in [1.29, 1.82) is 0 Å². The smallest absolute Gasteiger partial charge is 0.223 e. The molecule has 1 aromatic rings. The number of nitrogens with one attached hydrogen (secondary N) is 1. The summed E-state index contributed by atoms with van der Waals surface area (Å²) in [6, 6.07) is 10.1. The van der Waals surface area contributed by atoms with Gasteiger partial charge in [0.15, 0.2) is 0 Å². The first-order chi connectivity index (χ1) is 13.3. The molecule has 1 unspecified atom stereocenters. The molecule has 28 heavy (non-hydrogen) atoms. The highest BCUT2D eigenvalue weighted by Gasteiger charge is 2.30. The lowest BCUT2D eigenvalue weighted by molar-refractivity contribution is -0.127. The van der Waals surface area contributed by atoms with Crippen LogP contribution in [0.5, 0.6) is 0 Å². The Labute approximate surface area is 168 Å². The van der Waals surface area contributed by atoms with E-state index >= 15 is 0 Å².